The number of nitrogens with zero attached hydrogens (tertiary/aromatic N) is 1. The molecule has 0 N–H and O–H groups in total. The summed E-state index contributed by atoms with van der Waals surface area (Å²) in [6.07, 6.45) is 11.1. The van der Waals surface area contributed by atoms with E-state index in [-0.39, 0.29) is 5.54 Å². The third-order valence-electron chi connectivity index (χ3n) is 5.20. The second-order valence-corrected chi connectivity index (χ2v) is 7.49. The van der Waals surface area contributed by atoms with Crippen molar-refractivity contribution in [2.45, 2.75) is 72.3 Å². The lowest BCUT2D eigenvalue weighted by molar-refractivity contribution is -0.00996. The van der Waals surface area contributed by atoms with Gasteiger partial charge in [0.1, 0.15) is 0 Å². The van der Waals surface area contributed by atoms with E-state index < -0.39 is 0 Å². The van der Waals surface area contributed by atoms with Crippen LogP contribution in [0.5, 0.6) is 0 Å². The summed E-state index contributed by atoms with van der Waals surface area (Å²) in [7, 11) is 0. The molecule has 1 atom stereocenters. The Morgan fingerprint density at radius 2 is 1.44 bits per heavy atom. The molecule has 1 aliphatic rings. The van der Waals surface area contributed by atoms with Gasteiger partial charge in [-0.05, 0) is 49.1 Å². The van der Waals surface area contributed by atoms with Gasteiger partial charge in [0.05, 0.1) is 0 Å². The van der Waals surface area contributed by atoms with Gasteiger partial charge in [0.2, 0.25) is 0 Å². The van der Waals surface area contributed by atoms with Gasteiger partial charge >= 0.3 is 0 Å². The van der Waals surface area contributed by atoms with Gasteiger partial charge in [0.15, 0.2) is 0 Å². The first-order chi connectivity index (χ1) is 8.35. The average molecular weight is 247 g/mol. The van der Waals surface area contributed by atoms with Gasteiger partial charge in [-0.2, -0.15) is 0 Å². The van der Waals surface area contributed by atoms with Crippen molar-refractivity contribution >= 4 is 0 Å². The Bertz CT molecular complexity index is 384. The first kappa shape index (κ1) is 13.7. The number of hydrogen-bond acceptors (Lipinski definition) is 0. The van der Waals surface area contributed by atoms with E-state index >= 15 is 0 Å². The van der Waals surface area contributed by atoms with Crippen molar-refractivity contribution in [1.29, 1.82) is 0 Å². The summed E-state index contributed by atoms with van der Waals surface area (Å²) in [5.41, 5.74) is 1.27. The van der Waals surface area contributed by atoms with Crippen LogP contribution < -0.4 is 0 Å². The zero-order valence-electron chi connectivity index (χ0n) is 12.8. The summed E-state index contributed by atoms with van der Waals surface area (Å²) in [5, 5.41) is 0. The maximum Gasteiger partial charge on any atom is 0.0422 e. The highest BCUT2D eigenvalue weighted by Gasteiger charge is 2.48. The minimum Gasteiger partial charge on any atom is -0.349 e. The highest BCUT2D eigenvalue weighted by atomic mass is 15.0. The Balaban J connectivity index is 2.38. The van der Waals surface area contributed by atoms with Crippen molar-refractivity contribution in [3.05, 3.63) is 24.5 Å². The molecule has 0 aromatic carbocycles. The fourth-order valence-electron chi connectivity index (χ4n) is 4.67. The standard InChI is InChI=1S/C17H29N/c1-6-17(7-2)13-15(3,4)12-16(5,14-17)18-10-8-9-11-18/h8-11H,6-7,12-14H2,1-5H3. The maximum absolute atomic E-state index is 2.45. The van der Waals surface area contributed by atoms with Crippen LogP contribution in [0.3, 0.4) is 0 Å². The molecule has 1 unspecified atom stereocenters. The predicted molar refractivity (Wildman–Crippen MR) is 78.7 cm³/mol. The monoisotopic (exact) mass is 247 g/mol. The van der Waals surface area contributed by atoms with Crippen LogP contribution in [-0.2, 0) is 5.54 Å². The molecule has 1 aromatic heterocycles. The number of aromatic nitrogens is 1. The zero-order valence-corrected chi connectivity index (χ0v) is 12.8. The molecule has 0 spiro atoms. The number of hydrogen-bond donors (Lipinski definition) is 0. The third-order valence-corrected chi connectivity index (χ3v) is 5.20. The predicted octanol–water partition coefficient (Wildman–Crippen LogP) is 5.22. The molecule has 0 aliphatic heterocycles. The van der Waals surface area contributed by atoms with Crippen LogP contribution in [0.4, 0.5) is 0 Å². The van der Waals surface area contributed by atoms with Crippen molar-refractivity contribution in [2.24, 2.45) is 10.8 Å². The third kappa shape index (κ3) is 2.37. The van der Waals surface area contributed by atoms with Gasteiger partial charge in [-0.15, -0.1) is 0 Å². The molecule has 0 saturated heterocycles. The quantitative estimate of drug-likeness (QED) is 0.690. The van der Waals surface area contributed by atoms with Gasteiger partial charge < -0.3 is 4.57 Å². The first-order valence-corrected chi connectivity index (χ1v) is 7.48. The fourth-order valence-corrected chi connectivity index (χ4v) is 4.67. The SMILES string of the molecule is CCC1(CC)CC(C)(C)CC(C)(n2cccc2)C1. The van der Waals surface area contributed by atoms with Gasteiger partial charge in [-0.3, -0.25) is 0 Å². The van der Waals surface area contributed by atoms with E-state index in [1.54, 1.807) is 0 Å². The summed E-state index contributed by atoms with van der Waals surface area (Å²) < 4.78 is 2.45. The maximum atomic E-state index is 2.45. The first-order valence-electron chi connectivity index (χ1n) is 7.48. The van der Waals surface area contributed by atoms with Gasteiger partial charge in [-0.25, -0.2) is 0 Å². The highest BCUT2D eigenvalue weighted by molar-refractivity contribution is 5.05. The van der Waals surface area contributed by atoms with Crippen molar-refractivity contribution in [2.75, 3.05) is 0 Å². The lowest BCUT2D eigenvalue weighted by atomic mass is 9.55. The molecule has 1 aromatic rings. The topological polar surface area (TPSA) is 4.93 Å². The molecule has 0 amide bonds. The molecular formula is C17H29N. The molecule has 0 bridgehead atoms. The smallest absolute Gasteiger partial charge is 0.0422 e. The molecule has 2 rings (SSSR count). The van der Waals surface area contributed by atoms with Gasteiger partial charge in [0.25, 0.3) is 0 Å². The normalized spacial score (nSPS) is 30.3. The van der Waals surface area contributed by atoms with E-state index in [9.17, 15) is 0 Å². The Morgan fingerprint density at radius 1 is 0.889 bits per heavy atom. The molecular weight excluding hydrogens is 218 g/mol. The highest BCUT2D eigenvalue weighted by Crippen LogP contribution is 2.56. The van der Waals surface area contributed by atoms with Crippen molar-refractivity contribution in [1.82, 2.24) is 4.57 Å². The summed E-state index contributed by atoms with van der Waals surface area (Å²) in [4.78, 5) is 0. The molecule has 0 radical (unpaired) electrons. The van der Waals surface area contributed by atoms with E-state index in [2.05, 4.69) is 63.7 Å². The minimum atomic E-state index is 0.289. The minimum absolute atomic E-state index is 0.289. The van der Waals surface area contributed by atoms with Crippen LogP contribution >= 0.6 is 0 Å². The molecule has 102 valence electrons. The summed E-state index contributed by atoms with van der Waals surface area (Å²) in [5.74, 6) is 0. The van der Waals surface area contributed by atoms with Crippen LogP contribution in [0.2, 0.25) is 0 Å². The second kappa shape index (κ2) is 4.43. The van der Waals surface area contributed by atoms with E-state index in [0.29, 0.717) is 10.8 Å². The lowest BCUT2D eigenvalue weighted by Gasteiger charge is -2.53. The molecule has 18 heavy (non-hydrogen) atoms. The van der Waals surface area contributed by atoms with Crippen LogP contribution in [0, 0.1) is 10.8 Å². The Hall–Kier alpha value is -0.720. The van der Waals surface area contributed by atoms with Gasteiger partial charge in [-0.1, -0.05) is 40.5 Å². The van der Waals surface area contributed by atoms with E-state index in [1.165, 1.54) is 32.1 Å². The average Bonchev–Trinajstić information content (AvgIpc) is 2.80. The molecule has 1 nitrogen and oxygen atoms in total. The Kier molecular flexibility index (Phi) is 3.38. The molecule has 1 fully saturated rings. The van der Waals surface area contributed by atoms with Crippen LogP contribution in [0.1, 0.15) is 66.7 Å². The van der Waals surface area contributed by atoms with Crippen molar-refractivity contribution in [3.63, 3.8) is 0 Å². The zero-order chi connectivity index (χ0) is 13.4. The number of rotatable bonds is 3. The van der Waals surface area contributed by atoms with E-state index in [1.807, 2.05) is 0 Å². The largest absolute Gasteiger partial charge is 0.349 e. The Morgan fingerprint density at radius 3 is 1.94 bits per heavy atom. The lowest BCUT2D eigenvalue weighted by Crippen LogP contribution is -2.47. The molecule has 1 saturated carbocycles. The van der Waals surface area contributed by atoms with Crippen LogP contribution in [0.15, 0.2) is 24.5 Å². The summed E-state index contributed by atoms with van der Waals surface area (Å²) >= 11 is 0. The molecule has 1 aliphatic carbocycles. The van der Waals surface area contributed by atoms with Crippen molar-refractivity contribution < 1.29 is 0 Å². The van der Waals surface area contributed by atoms with E-state index in [4.69, 9.17) is 0 Å². The summed E-state index contributed by atoms with van der Waals surface area (Å²) in [6, 6.07) is 4.32. The van der Waals surface area contributed by atoms with Gasteiger partial charge in [0, 0.05) is 17.9 Å². The van der Waals surface area contributed by atoms with E-state index in [0.717, 1.165) is 0 Å². The second-order valence-electron chi connectivity index (χ2n) is 7.49. The molecule has 1 heteroatoms. The Labute approximate surface area is 113 Å². The fraction of sp³-hybridized carbons (Fsp3) is 0.765. The molecule has 1 heterocycles. The van der Waals surface area contributed by atoms with Crippen molar-refractivity contribution in [3.8, 4) is 0 Å². The van der Waals surface area contributed by atoms with Crippen LogP contribution in [-0.4, -0.2) is 4.57 Å². The van der Waals surface area contributed by atoms with Crippen LogP contribution in [0.25, 0.3) is 0 Å². The summed E-state index contributed by atoms with van der Waals surface area (Å²) in [6.45, 7) is 12.1.